The topological polar surface area (TPSA) is 0 Å². The van der Waals surface area contributed by atoms with Crippen LogP contribution in [0.1, 0.15) is 33.6 Å². The van der Waals surface area contributed by atoms with E-state index < -0.39 is 0 Å². The number of hydrogen-bond acceptors (Lipinski definition) is 0. The first-order chi connectivity index (χ1) is 4.20. The summed E-state index contributed by atoms with van der Waals surface area (Å²) in [6.45, 7) is 7.05. The van der Waals surface area contributed by atoms with Crippen molar-refractivity contribution in [1.82, 2.24) is 0 Å². The van der Waals surface area contributed by atoms with Gasteiger partial charge in [-0.2, -0.15) is 0 Å². The van der Waals surface area contributed by atoms with Gasteiger partial charge in [-0.1, -0.05) is 20.8 Å². The highest BCUT2D eigenvalue weighted by Gasteiger charge is 2.21. The third-order valence-corrected chi connectivity index (χ3v) is 2.63. The molecule has 0 saturated heterocycles. The quantitative estimate of drug-likeness (QED) is 0.467. The van der Waals surface area contributed by atoms with Crippen molar-refractivity contribution < 1.29 is 0 Å². The normalized spacial score (nSPS) is 45.0. The van der Waals surface area contributed by atoms with E-state index in [1.807, 2.05) is 0 Å². The van der Waals surface area contributed by atoms with Crippen molar-refractivity contribution in [3.63, 3.8) is 0 Å². The smallest absolute Gasteiger partial charge is 0.0355 e. The Morgan fingerprint density at radius 1 is 1.11 bits per heavy atom. The Morgan fingerprint density at radius 2 is 1.78 bits per heavy atom. The van der Waals surface area contributed by atoms with E-state index in [-0.39, 0.29) is 0 Å². The van der Waals surface area contributed by atoms with Crippen LogP contribution >= 0.6 is 0 Å². The first kappa shape index (κ1) is 7.11. The largest absolute Gasteiger partial charge is 0.0622 e. The lowest BCUT2D eigenvalue weighted by atomic mass is 9.77. The first-order valence-electron chi connectivity index (χ1n) is 4.03. The summed E-state index contributed by atoms with van der Waals surface area (Å²) in [5.41, 5.74) is 0. The highest BCUT2D eigenvalue weighted by Crippen LogP contribution is 2.31. The van der Waals surface area contributed by atoms with Gasteiger partial charge in [0.05, 0.1) is 0 Å². The fraction of sp³-hybridized carbons (Fsp3) is 0.889. The lowest BCUT2D eigenvalue weighted by Gasteiger charge is -2.29. The summed E-state index contributed by atoms with van der Waals surface area (Å²) in [6, 6.07) is 0. The molecule has 0 aromatic heterocycles. The minimum atomic E-state index is 0.871. The minimum Gasteiger partial charge on any atom is -0.0622 e. The maximum absolute atomic E-state index is 2.46. The average molecular weight is 125 g/mol. The van der Waals surface area contributed by atoms with Crippen LogP contribution in [0.15, 0.2) is 0 Å². The van der Waals surface area contributed by atoms with Crippen molar-refractivity contribution in [3.8, 4) is 0 Å². The Bertz CT molecular complexity index is 86.0. The van der Waals surface area contributed by atoms with Crippen molar-refractivity contribution in [1.29, 1.82) is 0 Å². The second-order valence-electron chi connectivity index (χ2n) is 3.64. The predicted octanol–water partition coefficient (Wildman–Crippen LogP) is 2.89. The van der Waals surface area contributed by atoms with Crippen LogP contribution in [0.4, 0.5) is 0 Å². The van der Waals surface area contributed by atoms with Gasteiger partial charge in [0.2, 0.25) is 0 Å². The van der Waals surface area contributed by atoms with Gasteiger partial charge in [-0.05, 0) is 37.0 Å². The summed E-state index contributed by atoms with van der Waals surface area (Å²) in [5.74, 6) is 2.75. The summed E-state index contributed by atoms with van der Waals surface area (Å²) >= 11 is 0. The van der Waals surface area contributed by atoms with E-state index >= 15 is 0 Å². The number of rotatable bonds is 0. The van der Waals surface area contributed by atoms with E-state index in [1.165, 1.54) is 12.8 Å². The van der Waals surface area contributed by atoms with Crippen molar-refractivity contribution >= 4 is 0 Å². The maximum atomic E-state index is 2.46. The third kappa shape index (κ3) is 1.70. The Labute approximate surface area is 58.7 Å². The van der Waals surface area contributed by atoms with Crippen molar-refractivity contribution in [2.45, 2.75) is 33.6 Å². The van der Waals surface area contributed by atoms with Crippen LogP contribution in [0, 0.1) is 24.2 Å². The summed E-state index contributed by atoms with van der Waals surface area (Å²) in [4.78, 5) is 0. The van der Waals surface area contributed by atoms with E-state index in [0.29, 0.717) is 0 Å². The Morgan fingerprint density at radius 3 is 2.22 bits per heavy atom. The minimum absolute atomic E-state index is 0.871. The number of hydrogen-bond donors (Lipinski definition) is 0. The molecule has 9 heavy (non-hydrogen) atoms. The standard InChI is InChI=1S/C9H17/c1-7-4-5-8(2)9(3)6-7/h4,7-9H,5-6H2,1-3H3. The molecule has 53 valence electrons. The molecule has 0 N–H and O–H groups in total. The third-order valence-electron chi connectivity index (χ3n) is 2.63. The van der Waals surface area contributed by atoms with Crippen molar-refractivity contribution in [2.75, 3.05) is 0 Å². The molecule has 3 unspecified atom stereocenters. The van der Waals surface area contributed by atoms with Gasteiger partial charge in [-0.15, -0.1) is 0 Å². The summed E-state index contributed by atoms with van der Waals surface area (Å²) in [7, 11) is 0. The van der Waals surface area contributed by atoms with E-state index in [0.717, 1.165) is 17.8 Å². The molecule has 3 atom stereocenters. The molecular formula is C9H17. The van der Waals surface area contributed by atoms with Crippen LogP contribution in [0.5, 0.6) is 0 Å². The van der Waals surface area contributed by atoms with Crippen LogP contribution in [0.3, 0.4) is 0 Å². The zero-order valence-corrected chi connectivity index (χ0v) is 6.72. The lowest BCUT2D eigenvalue weighted by Crippen LogP contribution is -2.19. The molecule has 0 spiro atoms. The van der Waals surface area contributed by atoms with E-state index in [2.05, 4.69) is 27.2 Å². The fourth-order valence-corrected chi connectivity index (χ4v) is 1.59. The van der Waals surface area contributed by atoms with Gasteiger partial charge in [0.25, 0.3) is 0 Å². The van der Waals surface area contributed by atoms with Gasteiger partial charge < -0.3 is 0 Å². The van der Waals surface area contributed by atoms with Gasteiger partial charge in [0, 0.05) is 0 Å². The molecule has 0 nitrogen and oxygen atoms in total. The predicted molar refractivity (Wildman–Crippen MR) is 41.0 cm³/mol. The molecule has 0 heteroatoms. The second-order valence-corrected chi connectivity index (χ2v) is 3.64. The van der Waals surface area contributed by atoms with Gasteiger partial charge in [0.1, 0.15) is 0 Å². The molecular weight excluding hydrogens is 108 g/mol. The highest BCUT2D eigenvalue weighted by atomic mass is 14.3. The van der Waals surface area contributed by atoms with Gasteiger partial charge in [-0.25, -0.2) is 0 Å². The maximum Gasteiger partial charge on any atom is -0.0355 e. The van der Waals surface area contributed by atoms with E-state index in [1.54, 1.807) is 0 Å². The van der Waals surface area contributed by atoms with Crippen LogP contribution in [0.2, 0.25) is 0 Å². The van der Waals surface area contributed by atoms with E-state index in [4.69, 9.17) is 0 Å². The molecule has 1 aliphatic rings. The Hall–Kier alpha value is 0. The molecule has 0 bridgehead atoms. The van der Waals surface area contributed by atoms with Gasteiger partial charge in [0.15, 0.2) is 0 Å². The molecule has 1 radical (unpaired) electrons. The molecule has 1 saturated carbocycles. The summed E-state index contributed by atoms with van der Waals surface area (Å²) < 4.78 is 0. The first-order valence-corrected chi connectivity index (χ1v) is 4.03. The molecule has 0 aromatic rings. The lowest BCUT2D eigenvalue weighted by molar-refractivity contribution is 0.272. The zero-order valence-electron chi connectivity index (χ0n) is 6.72. The molecule has 0 aliphatic heterocycles. The molecule has 1 rings (SSSR count). The van der Waals surface area contributed by atoms with Crippen LogP contribution < -0.4 is 0 Å². The summed E-state index contributed by atoms with van der Waals surface area (Å²) in [5, 5.41) is 0. The van der Waals surface area contributed by atoms with Crippen LogP contribution in [-0.2, 0) is 0 Å². The zero-order chi connectivity index (χ0) is 6.85. The highest BCUT2D eigenvalue weighted by molar-refractivity contribution is 4.84. The van der Waals surface area contributed by atoms with Crippen molar-refractivity contribution in [2.24, 2.45) is 17.8 Å². The van der Waals surface area contributed by atoms with Crippen molar-refractivity contribution in [3.05, 3.63) is 6.42 Å². The molecule has 0 aromatic carbocycles. The second kappa shape index (κ2) is 2.72. The molecule has 0 heterocycles. The Kier molecular flexibility index (Phi) is 2.15. The fourth-order valence-electron chi connectivity index (χ4n) is 1.59. The SMILES string of the molecule is CC1[CH]CC(C)C(C)C1. The van der Waals surface area contributed by atoms with Crippen LogP contribution in [0.25, 0.3) is 0 Å². The molecule has 1 fully saturated rings. The summed E-state index contributed by atoms with van der Waals surface area (Å²) in [6.07, 6.45) is 5.20. The molecule has 0 amide bonds. The van der Waals surface area contributed by atoms with Crippen LogP contribution in [-0.4, -0.2) is 0 Å². The van der Waals surface area contributed by atoms with E-state index in [9.17, 15) is 0 Å². The molecule has 1 aliphatic carbocycles. The Balaban J connectivity index is 2.35. The van der Waals surface area contributed by atoms with Gasteiger partial charge >= 0.3 is 0 Å². The van der Waals surface area contributed by atoms with Gasteiger partial charge in [-0.3, -0.25) is 0 Å². The average Bonchev–Trinajstić information content (AvgIpc) is 1.80. The monoisotopic (exact) mass is 125 g/mol.